The number of rotatable bonds is 3. The number of halogens is 1. The zero-order valence-electron chi connectivity index (χ0n) is 10.4. The van der Waals surface area contributed by atoms with E-state index in [2.05, 4.69) is 4.98 Å². The molecule has 0 atom stereocenters. The number of phenolic OH excluding ortho intramolecular Hbond substituents is 1. The van der Waals surface area contributed by atoms with Crippen molar-refractivity contribution in [1.82, 2.24) is 9.88 Å². The summed E-state index contributed by atoms with van der Waals surface area (Å²) in [6.45, 7) is 0.390. The van der Waals surface area contributed by atoms with Gasteiger partial charge in [-0.15, -0.1) is 0 Å². The van der Waals surface area contributed by atoms with Crippen molar-refractivity contribution in [3.05, 3.63) is 58.9 Å². The highest BCUT2D eigenvalue weighted by Gasteiger charge is 2.13. The molecule has 1 heterocycles. The van der Waals surface area contributed by atoms with Gasteiger partial charge in [-0.2, -0.15) is 0 Å². The maximum absolute atomic E-state index is 12.1. The molecule has 1 aromatic carbocycles. The molecule has 0 aliphatic heterocycles. The first-order valence-corrected chi connectivity index (χ1v) is 6.10. The van der Waals surface area contributed by atoms with Crippen molar-refractivity contribution >= 4 is 17.5 Å². The number of nitrogens with zero attached hydrogens (tertiary/aromatic N) is 2. The summed E-state index contributed by atoms with van der Waals surface area (Å²) in [6.07, 6.45) is 0. The molecule has 1 aromatic heterocycles. The van der Waals surface area contributed by atoms with Gasteiger partial charge in [0, 0.05) is 13.6 Å². The van der Waals surface area contributed by atoms with Gasteiger partial charge in [0.25, 0.3) is 5.91 Å². The Balaban J connectivity index is 2.12. The minimum Gasteiger partial charge on any atom is -0.508 e. The highest BCUT2D eigenvalue weighted by atomic mass is 35.5. The van der Waals surface area contributed by atoms with Gasteiger partial charge in [0.1, 0.15) is 16.6 Å². The smallest absolute Gasteiger partial charge is 0.272 e. The summed E-state index contributed by atoms with van der Waals surface area (Å²) in [5.41, 5.74) is 1.15. The molecule has 0 fully saturated rings. The monoisotopic (exact) mass is 276 g/mol. The molecule has 0 spiro atoms. The number of phenols is 1. The van der Waals surface area contributed by atoms with Crippen LogP contribution in [0.4, 0.5) is 0 Å². The van der Waals surface area contributed by atoms with Gasteiger partial charge in [-0.3, -0.25) is 4.79 Å². The fourth-order valence-corrected chi connectivity index (χ4v) is 1.89. The fourth-order valence-electron chi connectivity index (χ4n) is 1.72. The van der Waals surface area contributed by atoms with Crippen molar-refractivity contribution < 1.29 is 9.90 Å². The summed E-state index contributed by atoms with van der Waals surface area (Å²) >= 11 is 5.76. The zero-order valence-corrected chi connectivity index (χ0v) is 11.1. The molecule has 0 saturated carbocycles. The van der Waals surface area contributed by atoms with Crippen molar-refractivity contribution in [2.24, 2.45) is 0 Å². The quantitative estimate of drug-likeness (QED) is 0.877. The van der Waals surface area contributed by atoms with Crippen LogP contribution in [0, 0.1) is 0 Å². The van der Waals surface area contributed by atoms with E-state index in [9.17, 15) is 9.90 Å². The molecule has 0 radical (unpaired) electrons. The number of hydrogen-bond acceptors (Lipinski definition) is 3. The second-order valence-corrected chi connectivity index (χ2v) is 4.56. The predicted octanol–water partition coefficient (Wildman–Crippen LogP) is 2.71. The van der Waals surface area contributed by atoms with Crippen LogP contribution in [0.1, 0.15) is 16.1 Å². The number of benzene rings is 1. The average molecular weight is 277 g/mol. The molecule has 0 unspecified atom stereocenters. The molecule has 5 heteroatoms. The first-order valence-electron chi connectivity index (χ1n) is 5.72. The molecular formula is C14H13ClN2O2. The Bertz CT molecular complexity index is 602. The average Bonchev–Trinajstić information content (AvgIpc) is 2.38. The topological polar surface area (TPSA) is 53.4 Å². The summed E-state index contributed by atoms with van der Waals surface area (Å²) in [5, 5.41) is 9.67. The lowest BCUT2D eigenvalue weighted by Crippen LogP contribution is -2.26. The number of carbonyl (C=O) groups is 1. The zero-order chi connectivity index (χ0) is 13.8. The largest absolute Gasteiger partial charge is 0.508 e. The van der Waals surface area contributed by atoms with Crippen molar-refractivity contribution in [3.63, 3.8) is 0 Å². The molecule has 0 aliphatic carbocycles. The standard InChI is InChI=1S/C14H13ClN2O2/c1-17(9-10-4-2-5-11(18)8-10)14(19)12-6-3-7-13(15)16-12/h2-8,18H,9H2,1H3. The van der Waals surface area contributed by atoms with E-state index in [1.54, 1.807) is 43.4 Å². The molecule has 1 amide bonds. The second-order valence-electron chi connectivity index (χ2n) is 4.18. The van der Waals surface area contributed by atoms with Gasteiger partial charge < -0.3 is 10.0 Å². The van der Waals surface area contributed by atoms with Crippen LogP contribution in [-0.2, 0) is 6.54 Å². The van der Waals surface area contributed by atoms with E-state index < -0.39 is 0 Å². The summed E-state index contributed by atoms with van der Waals surface area (Å²) in [6, 6.07) is 11.7. The number of carbonyl (C=O) groups excluding carboxylic acids is 1. The Morgan fingerprint density at radius 3 is 2.74 bits per heavy atom. The minimum atomic E-state index is -0.217. The molecule has 2 aromatic rings. The highest BCUT2D eigenvalue weighted by Crippen LogP contribution is 2.14. The molecular weight excluding hydrogens is 264 g/mol. The van der Waals surface area contributed by atoms with Crippen LogP contribution in [-0.4, -0.2) is 27.9 Å². The molecule has 98 valence electrons. The highest BCUT2D eigenvalue weighted by molar-refractivity contribution is 6.29. The van der Waals surface area contributed by atoms with Crippen LogP contribution < -0.4 is 0 Å². The third-order valence-electron chi connectivity index (χ3n) is 2.61. The Morgan fingerprint density at radius 1 is 1.32 bits per heavy atom. The van der Waals surface area contributed by atoms with E-state index in [-0.39, 0.29) is 16.8 Å². The lowest BCUT2D eigenvalue weighted by molar-refractivity contribution is 0.0779. The van der Waals surface area contributed by atoms with Gasteiger partial charge in [-0.1, -0.05) is 29.8 Å². The normalized spacial score (nSPS) is 10.2. The van der Waals surface area contributed by atoms with E-state index in [0.29, 0.717) is 12.2 Å². The van der Waals surface area contributed by atoms with E-state index in [1.165, 1.54) is 4.90 Å². The van der Waals surface area contributed by atoms with Crippen molar-refractivity contribution in [1.29, 1.82) is 0 Å². The van der Waals surface area contributed by atoms with Crippen LogP contribution >= 0.6 is 11.6 Å². The maximum atomic E-state index is 12.1. The first kappa shape index (κ1) is 13.4. The lowest BCUT2D eigenvalue weighted by atomic mass is 10.2. The lowest BCUT2D eigenvalue weighted by Gasteiger charge is -2.17. The Kier molecular flexibility index (Phi) is 4.02. The summed E-state index contributed by atoms with van der Waals surface area (Å²) in [4.78, 5) is 17.6. The molecule has 0 saturated heterocycles. The third kappa shape index (κ3) is 3.45. The molecule has 0 aliphatic rings. The number of amides is 1. The number of hydrogen-bond donors (Lipinski definition) is 1. The van der Waals surface area contributed by atoms with Crippen LogP contribution in [0.3, 0.4) is 0 Å². The molecule has 4 nitrogen and oxygen atoms in total. The van der Waals surface area contributed by atoms with Crippen LogP contribution in [0.15, 0.2) is 42.5 Å². The van der Waals surface area contributed by atoms with E-state index in [4.69, 9.17) is 11.6 Å². The number of aromatic nitrogens is 1. The molecule has 0 bridgehead atoms. The van der Waals surface area contributed by atoms with Crippen molar-refractivity contribution in [2.45, 2.75) is 6.54 Å². The van der Waals surface area contributed by atoms with Gasteiger partial charge in [-0.05, 0) is 29.8 Å². The Labute approximate surface area is 116 Å². The van der Waals surface area contributed by atoms with E-state index in [0.717, 1.165) is 5.56 Å². The van der Waals surface area contributed by atoms with Crippen molar-refractivity contribution in [3.8, 4) is 5.75 Å². The van der Waals surface area contributed by atoms with Crippen LogP contribution in [0.5, 0.6) is 5.75 Å². The fraction of sp³-hybridized carbons (Fsp3) is 0.143. The van der Waals surface area contributed by atoms with Crippen LogP contribution in [0.2, 0.25) is 5.15 Å². The first-order chi connectivity index (χ1) is 9.06. The maximum Gasteiger partial charge on any atom is 0.272 e. The van der Waals surface area contributed by atoms with Gasteiger partial charge >= 0.3 is 0 Å². The van der Waals surface area contributed by atoms with Gasteiger partial charge in [0.05, 0.1) is 0 Å². The third-order valence-corrected chi connectivity index (χ3v) is 2.82. The summed E-state index contributed by atoms with van der Waals surface area (Å²) in [7, 11) is 1.68. The van der Waals surface area contributed by atoms with Crippen molar-refractivity contribution in [2.75, 3.05) is 7.05 Å². The SMILES string of the molecule is CN(Cc1cccc(O)c1)C(=O)c1cccc(Cl)n1. The summed E-state index contributed by atoms with van der Waals surface area (Å²) < 4.78 is 0. The molecule has 1 N–H and O–H groups in total. The van der Waals surface area contributed by atoms with Crippen LogP contribution in [0.25, 0.3) is 0 Å². The Morgan fingerprint density at radius 2 is 2.05 bits per heavy atom. The molecule has 2 rings (SSSR count). The summed E-state index contributed by atoms with van der Waals surface area (Å²) in [5.74, 6) is -0.0370. The van der Waals surface area contributed by atoms with Gasteiger partial charge in [0.2, 0.25) is 0 Å². The predicted molar refractivity (Wildman–Crippen MR) is 73.2 cm³/mol. The van der Waals surface area contributed by atoms with Gasteiger partial charge in [0.15, 0.2) is 0 Å². The van der Waals surface area contributed by atoms with E-state index in [1.807, 2.05) is 6.07 Å². The Hall–Kier alpha value is -2.07. The van der Waals surface area contributed by atoms with Gasteiger partial charge in [-0.25, -0.2) is 4.98 Å². The second kappa shape index (κ2) is 5.71. The number of aromatic hydroxyl groups is 1. The van der Waals surface area contributed by atoms with E-state index >= 15 is 0 Å². The minimum absolute atomic E-state index is 0.180. The molecule has 19 heavy (non-hydrogen) atoms. The number of pyridine rings is 1.